The smallest absolute Gasteiger partial charge is 0.246 e. The van der Waals surface area contributed by atoms with Crippen molar-refractivity contribution in [1.29, 1.82) is 0 Å². The zero-order valence-corrected chi connectivity index (χ0v) is 14.6. The molecule has 126 valence electrons. The van der Waals surface area contributed by atoms with Gasteiger partial charge in [-0.05, 0) is 43.8 Å². The van der Waals surface area contributed by atoms with Gasteiger partial charge in [-0.15, -0.1) is 0 Å². The second-order valence-electron chi connectivity index (χ2n) is 6.15. The molecule has 4 heteroatoms. The number of carbonyl (C=O) groups excluding carboxylic acids is 1. The molecule has 0 N–H and O–H groups in total. The van der Waals surface area contributed by atoms with E-state index in [1.807, 2.05) is 60.4 Å². The van der Waals surface area contributed by atoms with Crippen LogP contribution in [0.15, 0.2) is 60.9 Å². The first-order valence-corrected chi connectivity index (χ1v) is 8.10. The highest BCUT2D eigenvalue weighted by atomic mass is 16.2. The summed E-state index contributed by atoms with van der Waals surface area (Å²) in [5.41, 5.74) is 3.38. The van der Waals surface area contributed by atoms with Crippen molar-refractivity contribution in [2.75, 3.05) is 20.6 Å². The molecule has 0 aliphatic heterocycles. The maximum absolute atomic E-state index is 12.6. The van der Waals surface area contributed by atoms with Crippen molar-refractivity contribution >= 4 is 5.91 Å². The lowest BCUT2D eigenvalue weighted by molar-refractivity contribution is -0.127. The van der Waals surface area contributed by atoms with Gasteiger partial charge in [0.15, 0.2) is 0 Å². The fourth-order valence-electron chi connectivity index (χ4n) is 2.39. The van der Waals surface area contributed by atoms with E-state index in [-0.39, 0.29) is 5.91 Å². The van der Waals surface area contributed by atoms with E-state index in [1.54, 1.807) is 12.3 Å². The molecule has 2 aromatic rings. The lowest BCUT2D eigenvalue weighted by Gasteiger charge is -2.22. The van der Waals surface area contributed by atoms with Crippen molar-refractivity contribution in [1.82, 2.24) is 14.8 Å². The van der Waals surface area contributed by atoms with Crippen LogP contribution in [0.5, 0.6) is 0 Å². The fraction of sp³-hybridized carbons (Fsp3) is 0.300. The molecule has 0 bridgehead atoms. The van der Waals surface area contributed by atoms with Gasteiger partial charge in [0, 0.05) is 38.1 Å². The minimum atomic E-state index is 0.0176. The molecule has 1 heterocycles. The number of carbonyl (C=O) groups is 1. The molecule has 1 aromatic carbocycles. The predicted molar refractivity (Wildman–Crippen MR) is 97.4 cm³/mol. The summed E-state index contributed by atoms with van der Waals surface area (Å²) in [6.07, 6.45) is 7.11. The molecule has 1 aromatic heterocycles. The molecule has 24 heavy (non-hydrogen) atoms. The number of pyridine rings is 1. The van der Waals surface area contributed by atoms with Crippen LogP contribution in [0.25, 0.3) is 0 Å². The van der Waals surface area contributed by atoms with Crippen molar-refractivity contribution in [3.05, 3.63) is 77.6 Å². The standard InChI is InChI=1S/C20H25N3O/c1-17-8-4-5-10-19(17)16-23(15-18-9-6-12-21-14-18)20(24)11-7-13-22(2)3/h4-12,14H,13,15-16H2,1-3H3/b11-7+. The Hall–Kier alpha value is -2.46. The van der Waals surface area contributed by atoms with Crippen LogP contribution in [-0.2, 0) is 17.9 Å². The molecule has 0 saturated heterocycles. The number of hydrogen-bond donors (Lipinski definition) is 0. The number of aromatic nitrogens is 1. The summed E-state index contributed by atoms with van der Waals surface area (Å²) >= 11 is 0. The number of hydrogen-bond acceptors (Lipinski definition) is 3. The van der Waals surface area contributed by atoms with Gasteiger partial charge < -0.3 is 9.80 Å². The Balaban J connectivity index is 2.16. The molecule has 0 aliphatic rings. The summed E-state index contributed by atoms with van der Waals surface area (Å²) < 4.78 is 0. The topological polar surface area (TPSA) is 36.4 Å². The van der Waals surface area contributed by atoms with E-state index in [4.69, 9.17) is 0 Å². The SMILES string of the molecule is Cc1ccccc1CN(Cc1cccnc1)C(=O)/C=C/CN(C)C. The second-order valence-corrected chi connectivity index (χ2v) is 6.15. The first-order valence-electron chi connectivity index (χ1n) is 8.10. The van der Waals surface area contributed by atoms with Crippen LogP contribution in [-0.4, -0.2) is 41.3 Å². The maximum Gasteiger partial charge on any atom is 0.246 e. The highest BCUT2D eigenvalue weighted by molar-refractivity contribution is 5.87. The fourth-order valence-corrected chi connectivity index (χ4v) is 2.39. The Kier molecular flexibility index (Phi) is 6.70. The third-order valence-corrected chi connectivity index (χ3v) is 3.76. The highest BCUT2D eigenvalue weighted by Gasteiger charge is 2.13. The zero-order valence-electron chi connectivity index (χ0n) is 14.6. The summed E-state index contributed by atoms with van der Waals surface area (Å²) in [4.78, 5) is 20.7. The van der Waals surface area contributed by atoms with E-state index < -0.39 is 0 Å². The Morgan fingerprint density at radius 2 is 1.92 bits per heavy atom. The van der Waals surface area contributed by atoms with Crippen molar-refractivity contribution in [2.24, 2.45) is 0 Å². The molecule has 0 aliphatic carbocycles. The molecule has 0 spiro atoms. The Labute approximate surface area is 144 Å². The van der Waals surface area contributed by atoms with Crippen molar-refractivity contribution in [2.45, 2.75) is 20.0 Å². The van der Waals surface area contributed by atoms with Crippen LogP contribution in [0.2, 0.25) is 0 Å². The summed E-state index contributed by atoms with van der Waals surface area (Å²) in [6.45, 7) is 3.96. The van der Waals surface area contributed by atoms with Gasteiger partial charge in [0.05, 0.1) is 0 Å². The number of amides is 1. The molecular weight excluding hydrogens is 298 g/mol. The molecule has 0 fully saturated rings. The van der Waals surface area contributed by atoms with Gasteiger partial charge in [-0.2, -0.15) is 0 Å². The van der Waals surface area contributed by atoms with Crippen molar-refractivity contribution in [3.63, 3.8) is 0 Å². The molecular formula is C20H25N3O. The minimum Gasteiger partial charge on any atom is -0.330 e. The quantitative estimate of drug-likeness (QED) is 0.735. The number of likely N-dealkylation sites (N-methyl/N-ethyl adjacent to an activating group) is 1. The third-order valence-electron chi connectivity index (χ3n) is 3.76. The van der Waals surface area contributed by atoms with E-state index in [0.717, 1.165) is 17.7 Å². The van der Waals surface area contributed by atoms with Crippen LogP contribution in [0, 0.1) is 6.92 Å². The zero-order chi connectivity index (χ0) is 17.4. The van der Waals surface area contributed by atoms with Gasteiger partial charge >= 0.3 is 0 Å². The minimum absolute atomic E-state index is 0.0176. The van der Waals surface area contributed by atoms with Crippen molar-refractivity contribution < 1.29 is 4.79 Å². The average molecular weight is 323 g/mol. The van der Waals surface area contributed by atoms with Gasteiger partial charge in [0.2, 0.25) is 5.91 Å². The number of rotatable bonds is 7. The average Bonchev–Trinajstić information content (AvgIpc) is 2.56. The molecule has 0 unspecified atom stereocenters. The van der Waals surface area contributed by atoms with Crippen LogP contribution >= 0.6 is 0 Å². The summed E-state index contributed by atoms with van der Waals surface area (Å²) in [7, 11) is 3.96. The molecule has 4 nitrogen and oxygen atoms in total. The predicted octanol–water partition coefficient (Wildman–Crippen LogP) is 3.04. The lowest BCUT2D eigenvalue weighted by Crippen LogP contribution is -2.29. The molecule has 2 rings (SSSR count). The third kappa shape index (κ3) is 5.63. The monoisotopic (exact) mass is 323 g/mol. The van der Waals surface area contributed by atoms with Crippen LogP contribution in [0.4, 0.5) is 0 Å². The van der Waals surface area contributed by atoms with E-state index in [2.05, 4.69) is 24.0 Å². The Morgan fingerprint density at radius 3 is 2.58 bits per heavy atom. The van der Waals surface area contributed by atoms with Crippen LogP contribution in [0.1, 0.15) is 16.7 Å². The first kappa shape index (κ1) is 17.9. The van der Waals surface area contributed by atoms with Crippen molar-refractivity contribution in [3.8, 4) is 0 Å². The van der Waals surface area contributed by atoms with E-state index in [9.17, 15) is 4.79 Å². The number of nitrogens with zero attached hydrogens (tertiary/aromatic N) is 3. The second kappa shape index (κ2) is 8.99. The summed E-state index contributed by atoms with van der Waals surface area (Å²) in [6, 6.07) is 12.1. The van der Waals surface area contributed by atoms with Crippen LogP contribution < -0.4 is 0 Å². The van der Waals surface area contributed by atoms with Gasteiger partial charge in [0.25, 0.3) is 0 Å². The van der Waals surface area contributed by atoms with Gasteiger partial charge in [0.1, 0.15) is 0 Å². The van der Waals surface area contributed by atoms with E-state index in [0.29, 0.717) is 13.1 Å². The molecule has 0 radical (unpaired) electrons. The molecule has 0 saturated carbocycles. The molecule has 0 atom stereocenters. The highest BCUT2D eigenvalue weighted by Crippen LogP contribution is 2.13. The Morgan fingerprint density at radius 1 is 1.12 bits per heavy atom. The number of aryl methyl sites for hydroxylation is 1. The normalized spacial score (nSPS) is 11.2. The summed E-state index contributed by atoms with van der Waals surface area (Å²) in [5, 5.41) is 0. The van der Waals surface area contributed by atoms with E-state index >= 15 is 0 Å². The lowest BCUT2D eigenvalue weighted by atomic mass is 10.1. The Bertz CT molecular complexity index is 680. The summed E-state index contributed by atoms with van der Waals surface area (Å²) in [5.74, 6) is 0.0176. The number of benzene rings is 1. The van der Waals surface area contributed by atoms with Gasteiger partial charge in [-0.3, -0.25) is 9.78 Å². The van der Waals surface area contributed by atoms with Gasteiger partial charge in [-0.1, -0.05) is 36.4 Å². The van der Waals surface area contributed by atoms with Gasteiger partial charge in [-0.25, -0.2) is 0 Å². The molecule has 1 amide bonds. The maximum atomic E-state index is 12.6. The van der Waals surface area contributed by atoms with Crippen LogP contribution in [0.3, 0.4) is 0 Å². The largest absolute Gasteiger partial charge is 0.330 e. The first-order chi connectivity index (χ1) is 11.6. The van der Waals surface area contributed by atoms with E-state index in [1.165, 1.54) is 5.56 Å².